The molecule has 6 nitrogen and oxygen atoms in total. The molecule has 3 aromatic carbocycles. The van der Waals surface area contributed by atoms with Gasteiger partial charge in [-0.15, -0.1) is 0 Å². The number of alkyl halides is 3. The molecule has 1 aliphatic rings. The first-order chi connectivity index (χ1) is 18.7. The lowest BCUT2D eigenvalue weighted by molar-refractivity contribution is -0.137. The predicted octanol–water partition coefficient (Wildman–Crippen LogP) is 6.35. The molecule has 0 saturated carbocycles. The van der Waals surface area contributed by atoms with Crippen LogP contribution in [-0.2, 0) is 15.5 Å². The fourth-order valence-electron chi connectivity index (χ4n) is 4.48. The monoisotopic (exact) mass is 583 g/mol. The first-order valence-corrected chi connectivity index (χ1v) is 14.7. The first-order valence-electron chi connectivity index (χ1n) is 12.1. The van der Waals surface area contributed by atoms with Gasteiger partial charge in [0, 0.05) is 17.4 Å². The fourth-order valence-corrected chi connectivity index (χ4v) is 5.70. The Morgan fingerprint density at radius 2 is 1.68 bits per heavy atom. The van der Waals surface area contributed by atoms with Gasteiger partial charge in [-0.1, -0.05) is 24.3 Å². The van der Waals surface area contributed by atoms with Gasteiger partial charge < -0.3 is 20.1 Å². The largest absolute Gasteiger partial charge is 0.416 e. The third-order valence-electron chi connectivity index (χ3n) is 6.42. The molecule has 212 valence electrons. The molecule has 1 aliphatic heterocycles. The number of carbonyl (C=O) groups is 2. The van der Waals surface area contributed by atoms with Gasteiger partial charge in [-0.3, -0.25) is 4.79 Å². The highest BCUT2D eigenvalue weighted by molar-refractivity contribution is 7.70. The summed E-state index contributed by atoms with van der Waals surface area (Å²) in [6.45, 7) is 3.05. The Hall–Kier alpha value is -3.79. The van der Waals surface area contributed by atoms with Crippen LogP contribution in [0.2, 0.25) is 0 Å². The molecular formula is C27H24F6N3O3P. The van der Waals surface area contributed by atoms with E-state index in [0.29, 0.717) is 17.8 Å². The summed E-state index contributed by atoms with van der Waals surface area (Å²) in [5, 5.41) is 4.73. The van der Waals surface area contributed by atoms with Crippen molar-refractivity contribution in [2.24, 2.45) is 0 Å². The van der Waals surface area contributed by atoms with Crippen LogP contribution in [0.4, 0.5) is 42.5 Å². The second kappa shape index (κ2) is 11.0. The standard InChI is InChI=1S/C27H24F6N3O3P/c1-40(2,39)22-8-4-3-6-16(22)17-10-12-21(24(30)23(17)29)36-13-5-7-20(25(36)37)35-26(38)34-19-11-9-15(14-18(19)28)27(31,32)33/h3-4,6,8-12,14,20H,5,7,13H2,1-2H3,(H2,34,35,38)/t20-/m1/s1. The Balaban J connectivity index is 1.53. The normalized spacial score (nSPS) is 16.1. The number of carbonyl (C=O) groups excluding carboxylic acids is 2. The van der Waals surface area contributed by atoms with Gasteiger partial charge in [0.1, 0.15) is 19.0 Å². The van der Waals surface area contributed by atoms with Crippen LogP contribution in [0.5, 0.6) is 0 Å². The number of hydrogen-bond donors (Lipinski definition) is 2. The quantitative estimate of drug-likeness (QED) is 0.271. The van der Waals surface area contributed by atoms with E-state index in [1.165, 1.54) is 31.5 Å². The van der Waals surface area contributed by atoms with Crippen molar-refractivity contribution < 1.29 is 40.5 Å². The molecule has 0 spiro atoms. The highest BCUT2D eigenvalue weighted by atomic mass is 31.2. The molecule has 0 bridgehead atoms. The van der Waals surface area contributed by atoms with E-state index in [-0.39, 0.29) is 35.8 Å². The van der Waals surface area contributed by atoms with Crippen molar-refractivity contribution >= 4 is 35.8 Å². The second-order valence-corrected chi connectivity index (χ2v) is 12.8. The molecule has 1 heterocycles. The van der Waals surface area contributed by atoms with E-state index in [2.05, 4.69) is 10.6 Å². The van der Waals surface area contributed by atoms with Crippen LogP contribution in [0.25, 0.3) is 11.1 Å². The van der Waals surface area contributed by atoms with E-state index >= 15 is 8.78 Å². The van der Waals surface area contributed by atoms with Gasteiger partial charge in [-0.05, 0) is 62.1 Å². The number of anilines is 2. The van der Waals surface area contributed by atoms with Gasteiger partial charge in [0.05, 0.1) is 16.9 Å². The zero-order valence-electron chi connectivity index (χ0n) is 21.3. The molecule has 3 amide bonds. The summed E-state index contributed by atoms with van der Waals surface area (Å²) in [5.74, 6) is -4.63. The van der Waals surface area contributed by atoms with Crippen molar-refractivity contribution in [2.45, 2.75) is 25.1 Å². The van der Waals surface area contributed by atoms with E-state index in [1.54, 1.807) is 18.2 Å². The third-order valence-corrected chi connectivity index (χ3v) is 7.97. The molecule has 0 unspecified atom stereocenters. The number of piperidine rings is 1. The van der Waals surface area contributed by atoms with E-state index in [4.69, 9.17) is 0 Å². The average molecular weight is 583 g/mol. The summed E-state index contributed by atoms with van der Waals surface area (Å²) in [6.07, 6.45) is -4.34. The van der Waals surface area contributed by atoms with Crippen molar-refractivity contribution in [1.82, 2.24) is 5.32 Å². The first kappa shape index (κ1) is 29.2. The van der Waals surface area contributed by atoms with Crippen LogP contribution in [-0.4, -0.2) is 37.9 Å². The number of benzene rings is 3. The predicted molar refractivity (Wildman–Crippen MR) is 140 cm³/mol. The van der Waals surface area contributed by atoms with Gasteiger partial charge in [-0.25, -0.2) is 18.0 Å². The molecule has 0 aromatic heterocycles. The van der Waals surface area contributed by atoms with Gasteiger partial charge in [0.25, 0.3) is 0 Å². The lowest BCUT2D eigenvalue weighted by Gasteiger charge is -2.33. The van der Waals surface area contributed by atoms with Crippen molar-refractivity contribution in [3.8, 4) is 11.1 Å². The topological polar surface area (TPSA) is 78.5 Å². The van der Waals surface area contributed by atoms with Crippen molar-refractivity contribution in [2.75, 3.05) is 30.1 Å². The van der Waals surface area contributed by atoms with Crippen molar-refractivity contribution in [1.29, 1.82) is 0 Å². The van der Waals surface area contributed by atoms with E-state index < -0.39 is 60.0 Å². The summed E-state index contributed by atoms with van der Waals surface area (Å²) in [6, 6.07) is 8.14. The maximum absolute atomic E-state index is 15.3. The van der Waals surface area contributed by atoms with Crippen LogP contribution < -0.4 is 20.8 Å². The second-order valence-electron chi connectivity index (χ2n) is 9.60. The molecule has 1 atom stereocenters. The average Bonchev–Trinajstić information content (AvgIpc) is 2.87. The zero-order chi connectivity index (χ0) is 29.4. The summed E-state index contributed by atoms with van der Waals surface area (Å²) in [4.78, 5) is 26.5. The molecule has 40 heavy (non-hydrogen) atoms. The maximum Gasteiger partial charge on any atom is 0.416 e. The number of urea groups is 1. The summed E-state index contributed by atoms with van der Waals surface area (Å²) < 4.78 is 95.7. The molecule has 13 heteroatoms. The minimum absolute atomic E-state index is 0.0254. The Bertz CT molecular complexity index is 1520. The van der Waals surface area contributed by atoms with Crippen LogP contribution in [0, 0.1) is 17.5 Å². The Labute approximate surface area is 225 Å². The molecule has 1 fully saturated rings. The van der Waals surface area contributed by atoms with Crippen LogP contribution in [0.3, 0.4) is 0 Å². The number of halogens is 6. The highest BCUT2D eigenvalue weighted by Gasteiger charge is 2.34. The van der Waals surface area contributed by atoms with Gasteiger partial charge >= 0.3 is 12.2 Å². The van der Waals surface area contributed by atoms with Crippen molar-refractivity contribution in [3.63, 3.8) is 0 Å². The van der Waals surface area contributed by atoms with Gasteiger partial charge in [0.2, 0.25) is 5.91 Å². The minimum Gasteiger partial charge on any atom is -0.326 e. The van der Waals surface area contributed by atoms with Crippen molar-refractivity contribution in [3.05, 3.63) is 77.6 Å². The van der Waals surface area contributed by atoms with Crippen LogP contribution in [0.15, 0.2) is 54.6 Å². The highest BCUT2D eigenvalue weighted by Crippen LogP contribution is 2.40. The van der Waals surface area contributed by atoms with E-state index in [1.807, 2.05) is 0 Å². The number of nitrogens with one attached hydrogen (secondary N) is 2. The number of rotatable bonds is 5. The lowest BCUT2D eigenvalue weighted by atomic mass is 10.0. The Morgan fingerprint density at radius 3 is 2.33 bits per heavy atom. The minimum atomic E-state index is -4.77. The molecule has 4 rings (SSSR count). The molecule has 0 radical (unpaired) electrons. The third kappa shape index (κ3) is 6.01. The van der Waals surface area contributed by atoms with Gasteiger partial charge in [-0.2, -0.15) is 13.2 Å². The van der Waals surface area contributed by atoms with E-state index in [0.717, 1.165) is 11.0 Å². The smallest absolute Gasteiger partial charge is 0.326 e. The van der Waals surface area contributed by atoms with Gasteiger partial charge in [0.15, 0.2) is 11.6 Å². The Kier molecular flexibility index (Phi) is 8.03. The van der Waals surface area contributed by atoms with Crippen LogP contribution >= 0.6 is 7.14 Å². The molecule has 3 aromatic rings. The SMILES string of the molecule is CP(C)(=O)c1ccccc1-c1ccc(N2CCC[C@@H](NC(=O)Nc3ccc(C(F)(F)F)cc3F)C2=O)c(F)c1F. The number of amides is 3. The fraction of sp³-hybridized carbons (Fsp3) is 0.259. The zero-order valence-corrected chi connectivity index (χ0v) is 22.2. The van der Waals surface area contributed by atoms with Crippen LogP contribution in [0.1, 0.15) is 18.4 Å². The maximum atomic E-state index is 15.3. The number of hydrogen-bond acceptors (Lipinski definition) is 3. The molecule has 2 N–H and O–H groups in total. The molecular weight excluding hydrogens is 559 g/mol. The molecule has 1 saturated heterocycles. The number of nitrogens with zero attached hydrogens (tertiary/aromatic N) is 1. The molecule has 0 aliphatic carbocycles. The lowest BCUT2D eigenvalue weighted by Crippen LogP contribution is -2.53. The Morgan fingerprint density at radius 1 is 0.975 bits per heavy atom. The van der Waals surface area contributed by atoms with E-state index in [9.17, 15) is 31.7 Å². The summed E-state index contributed by atoms with van der Waals surface area (Å²) in [7, 11) is -2.84. The summed E-state index contributed by atoms with van der Waals surface area (Å²) in [5.41, 5.74) is -2.01. The summed E-state index contributed by atoms with van der Waals surface area (Å²) >= 11 is 0.